The van der Waals surface area contributed by atoms with Crippen molar-refractivity contribution < 1.29 is 9.59 Å². The number of nitrogens with zero attached hydrogens (tertiary/aromatic N) is 2. The molecule has 0 unspecified atom stereocenters. The van der Waals surface area contributed by atoms with Crippen LogP contribution in [-0.2, 0) is 16.6 Å². The molecule has 0 aliphatic carbocycles. The van der Waals surface area contributed by atoms with Crippen molar-refractivity contribution in [3.8, 4) is 0 Å². The van der Waals surface area contributed by atoms with Gasteiger partial charge in [-0.1, -0.05) is 36.4 Å². The van der Waals surface area contributed by atoms with Crippen LogP contribution in [0.15, 0.2) is 60.2 Å². The van der Waals surface area contributed by atoms with E-state index in [9.17, 15) is 9.59 Å². The number of carbonyl (C=O) groups is 2. The summed E-state index contributed by atoms with van der Waals surface area (Å²) in [5, 5.41) is 7.87. The number of thiophene rings is 1. The molecule has 0 saturated carbocycles. The van der Waals surface area contributed by atoms with E-state index in [0.717, 1.165) is 16.3 Å². The van der Waals surface area contributed by atoms with Crippen LogP contribution >= 0.6 is 11.3 Å². The minimum atomic E-state index is -0.361. The molecule has 0 radical (unpaired) electrons. The number of carbonyl (C=O) groups excluding carboxylic acids is 2. The first-order chi connectivity index (χ1) is 13.0. The third-order valence-corrected chi connectivity index (χ3v) is 5.19. The highest BCUT2D eigenvalue weighted by atomic mass is 32.1. The molecule has 6 nitrogen and oxygen atoms in total. The standard InChI is InChI=1S/C20H22N4O2S/c1-14(25)22-16(17-9-6-12-27-17)13-18(26)23-19(15-7-4-3-5-8-15)20-21-10-11-24(20)2/h3-12,16,19H,13H2,1-2H3,(H,22,25)(H,23,26)/t16-,19+/m0/s1. The minimum Gasteiger partial charge on any atom is -0.348 e. The van der Waals surface area contributed by atoms with Crippen molar-refractivity contribution >= 4 is 23.2 Å². The zero-order valence-electron chi connectivity index (χ0n) is 15.3. The van der Waals surface area contributed by atoms with E-state index < -0.39 is 0 Å². The average Bonchev–Trinajstić information content (AvgIpc) is 3.31. The third kappa shape index (κ3) is 4.83. The second-order valence-corrected chi connectivity index (χ2v) is 7.26. The molecule has 1 aromatic carbocycles. The lowest BCUT2D eigenvalue weighted by molar-refractivity contribution is -0.123. The van der Waals surface area contributed by atoms with Gasteiger partial charge in [-0.3, -0.25) is 9.59 Å². The molecule has 7 heteroatoms. The fourth-order valence-electron chi connectivity index (χ4n) is 2.96. The molecular formula is C20H22N4O2S. The highest BCUT2D eigenvalue weighted by Gasteiger charge is 2.24. The van der Waals surface area contributed by atoms with Crippen molar-refractivity contribution in [2.24, 2.45) is 7.05 Å². The van der Waals surface area contributed by atoms with Crippen LogP contribution in [0.4, 0.5) is 0 Å². The predicted molar refractivity (Wildman–Crippen MR) is 105 cm³/mol. The number of aryl methyl sites for hydroxylation is 1. The predicted octanol–water partition coefficient (Wildman–Crippen LogP) is 2.95. The van der Waals surface area contributed by atoms with Gasteiger partial charge in [-0.05, 0) is 17.0 Å². The summed E-state index contributed by atoms with van der Waals surface area (Å²) < 4.78 is 1.89. The van der Waals surface area contributed by atoms with Crippen molar-refractivity contribution in [3.05, 3.63) is 76.5 Å². The van der Waals surface area contributed by atoms with Crippen LogP contribution in [0.25, 0.3) is 0 Å². The fraction of sp³-hybridized carbons (Fsp3) is 0.250. The molecule has 0 saturated heterocycles. The lowest BCUT2D eigenvalue weighted by atomic mass is 10.1. The summed E-state index contributed by atoms with van der Waals surface area (Å²) in [6, 6.07) is 12.9. The molecule has 2 N–H and O–H groups in total. The van der Waals surface area contributed by atoms with E-state index in [-0.39, 0.29) is 30.3 Å². The van der Waals surface area contributed by atoms with Crippen LogP contribution in [0.2, 0.25) is 0 Å². The molecule has 3 rings (SSSR count). The zero-order valence-corrected chi connectivity index (χ0v) is 16.1. The first-order valence-corrected chi connectivity index (χ1v) is 9.54. The van der Waals surface area contributed by atoms with Crippen LogP contribution in [0.3, 0.4) is 0 Å². The van der Waals surface area contributed by atoms with Crippen molar-refractivity contribution in [3.63, 3.8) is 0 Å². The van der Waals surface area contributed by atoms with Crippen LogP contribution in [0.5, 0.6) is 0 Å². The minimum absolute atomic E-state index is 0.154. The molecule has 2 atom stereocenters. The summed E-state index contributed by atoms with van der Waals surface area (Å²) in [6.07, 6.45) is 3.72. The number of amides is 2. The average molecular weight is 382 g/mol. The van der Waals surface area contributed by atoms with Gasteiger partial charge in [0.05, 0.1) is 12.5 Å². The smallest absolute Gasteiger partial charge is 0.223 e. The molecule has 2 aromatic heterocycles. The van der Waals surface area contributed by atoms with Gasteiger partial charge in [0.15, 0.2) is 0 Å². The van der Waals surface area contributed by atoms with Gasteiger partial charge in [-0.25, -0.2) is 4.98 Å². The highest BCUT2D eigenvalue weighted by Crippen LogP contribution is 2.24. The Bertz CT molecular complexity index is 890. The van der Waals surface area contributed by atoms with Gasteiger partial charge in [-0.15, -0.1) is 11.3 Å². The first kappa shape index (κ1) is 18.8. The maximum atomic E-state index is 12.8. The molecule has 3 aromatic rings. The number of nitrogens with one attached hydrogen (secondary N) is 2. The topological polar surface area (TPSA) is 76.0 Å². The summed E-state index contributed by atoms with van der Waals surface area (Å²) in [4.78, 5) is 29.7. The van der Waals surface area contributed by atoms with E-state index in [1.807, 2.05) is 65.7 Å². The van der Waals surface area contributed by atoms with Crippen molar-refractivity contribution in [1.29, 1.82) is 0 Å². The molecule has 2 heterocycles. The molecule has 0 fully saturated rings. The summed E-state index contributed by atoms with van der Waals surface area (Å²) in [5.41, 5.74) is 0.951. The fourth-order valence-corrected chi connectivity index (χ4v) is 3.74. The molecule has 2 amide bonds. The van der Waals surface area contributed by atoms with Crippen LogP contribution < -0.4 is 10.6 Å². The number of hydrogen-bond acceptors (Lipinski definition) is 4. The van der Waals surface area contributed by atoms with Crippen LogP contribution in [-0.4, -0.2) is 21.4 Å². The third-order valence-electron chi connectivity index (χ3n) is 4.21. The van der Waals surface area contributed by atoms with E-state index in [0.29, 0.717) is 0 Å². The molecule has 0 bridgehead atoms. The number of benzene rings is 1. The Morgan fingerprint density at radius 2 is 1.93 bits per heavy atom. The quantitative estimate of drug-likeness (QED) is 0.660. The lowest BCUT2D eigenvalue weighted by Gasteiger charge is -2.21. The van der Waals surface area contributed by atoms with E-state index in [2.05, 4.69) is 15.6 Å². The SMILES string of the molecule is CC(=O)N[C@@H](CC(=O)N[C@H](c1ccccc1)c1nccn1C)c1cccs1. The molecule has 0 aliphatic heterocycles. The van der Waals surface area contributed by atoms with Gasteiger partial charge in [0, 0.05) is 31.2 Å². The normalized spacial score (nSPS) is 13.0. The Morgan fingerprint density at radius 3 is 2.52 bits per heavy atom. The highest BCUT2D eigenvalue weighted by molar-refractivity contribution is 7.10. The molecule has 140 valence electrons. The Morgan fingerprint density at radius 1 is 1.15 bits per heavy atom. The van der Waals surface area contributed by atoms with E-state index in [1.165, 1.54) is 18.3 Å². The van der Waals surface area contributed by atoms with E-state index in [1.54, 1.807) is 6.20 Å². The van der Waals surface area contributed by atoms with E-state index in [4.69, 9.17) is 0 Å². The monoisotopic (exact) mass is 382 g/mol. The van der Waals surface area contributed by atoms with Crippen molar-refractivity contribution in [1.82, 2.24) is 20.2 Å². The second kappa shape index (κ2) is 8.64. The van der Waals surface area contributed by atoms with E-state index >= 15 is 0 Å². The first-order valence-electron chi connectivity index (χ1n) is 8.66. The molecule has 27 heavy (non-hydrogen) atoms. The largest absolute Gasteiger partial charge is 0.348 e. The van der Waals surface area contributed by atoms with Crippen molar-refractivity contribution in [2.75, 3.05) is 0 Å². The summed E-state index contributed by atoms with van der Waals surface area (Å²) in [7, 11) is 1.90. The van der Waals surface area contributed by atoms with Gasteiger partial charge in [0.2, 0.25) is 11.8 Å². The number of hydrogen-bond donors (Lipinski definition) is 2. The number of aromatic nitrogens is 2. The van der Waals surface area contributed by atoms with Gasteiger partial charge in [0.25, 0.3) is 0 Å². The number of rotatable bonds is 7. The van der Waals surface area contributed by atoms with Crippen LogP contribution in [0.1, 0.15) is 41.7 Å². The maximum Gasteiger partial charge on any atom is 0.223 e. The number of imidazole rings is 1. The maximum absolute atomic E-state index is 12.8. The second-order valence-electron chi connectivity index (χ2n) is 6.28. The van der Waals surface area contributed by atoms with Gasteiger partial charge >= 0.3 is 0 Å². The Balaban J connectivity index is 1.80. The molecule has 0 aliphatic rings. The Labute approximate surface area is 162 Å². The zero-order chi connectivity index (χ0) is 19.2. The lowest BCUT2D eigenvalue weighted by Crippen LogP contribution is -2.35. The van der Waals surface area contributed by atoms with Gasteiger partial charge < -0.3 is 15.2 Å². The summed E-state index contributed by atoms with van der Waals surface area (Å²) in [6.45, 7) is 1.46. The molecular weight excluding hydrogens is 360 g/mol. The Hall–Kier alpha value is -2.93. The van der Waals surface area contributed by atoms with Crippen LogP contribution in [0, 0.1) is 0 Å². The van der Waals surface area contributed by atoms with Crippen molar-refractivity contribution in [2.45, 2.75) is 25.4 Å². The molecule has 0 spiro atoms. The van der Waals surface area contributed by atoms with Gasteiger partial charge in [-0.2, -0.15) is 0 Å². The Kier molecular flexibility index (Phi) is 6.03. The summed E-state index contributed by atoms with van der Waals surface area (Å²) in [5.74, 6) is 0.436. The summed E-state index contributed by atoms with van der Waals surface area (Å²) >= 11 is 1.52. The van der Waals surface area contributed by atoms with Gasteiger partial charge in [0.1, 0.15) is 11.9 Å².